The Bertz CT molecular complexity index is 357. The number of nitrogens with zero attached hydrogens (tertiary/aromatic N) is 1. The fraction of sp³-hybridized carbons (Fsp3) is 0.583. The van der Waals surface area contributed by atoms with Crippen LogP contribution in [0.5, 0.6) is 0 Å². The summed E-state index contributed by atoms with van der Waals surface area (Å²) in [7, 11) is 0. The molecule has 0 saturated heterocycles. The summed E-state index contributed by atoms with van der Waals surface area (Å²) in [5, 5.41) is 8.82. The molecule has 0 saturated carbocycles. The molecule has 16 heavy (non-hydrogen) atoms. The fourth-order valence-corrected chi connectivity index (χ4v) is 1.85. The van der Waals surface area contributed by atoms with Gasteiger partial charge in [-0.15, -0.1) is 0 Å². The van der Waals surface area contributed by atoms with Crippen molar-refractivity contribution in [1.29, 1.82) is 0 Å². The highest BCUT2D eigenvalue weighted by Crippen LogP contribution is 2.32. The Labute approximate surface area is 95.2 Å². The number of carbonyl (C=O) groups is 1. The second-order valence-corrected chi connectivity index (χ2v) is 4.42. The molecule has 0 aromatic rings. The SMILES string of the molecule is CC[N+](=O)C1=CCCC(C)(CC(=O)O)C=C1. The molecule has 1 N–H and O–H groups in total. The van der Waals surface area contributed by atoms with Crippen LogP contribution < -0.4 is 0 Å². The van der Waals surface area contributed by atoms with Crippen LogP contribution in [0.2, 0.25) is 0 Å². The molecule has 0 aromatic heterocycles. The number of rotatable bonds is 4. The average Bonchev–Trinajstić information content (AvgIpc) is 2.38. The first-order valence-corrected chi connectivity index (χ1v) is 5.53. The molecule has 0 aliphatic heterocycles. The summed E-state index contributed by atoms with van der Waals surface area (Å²) in [5.74, 6) is -0.801. The van der Waals surface area contributed by atoms with E-state index in [1.807, 2.05) is 19.1 Å². The van der Waals surface area contributed by atoms with E-state index in [2.05, 4.69) is 0 Å². The van der Waals surface area contributed by atoms with E-state index in [-0.39, 0.29) is 11.8 Å². The molecule has 4 nitrogen and oxygen atoms in total. The molecule has 88 valence electrons. The third-order valence-corrected chi connectivity index (χ3v) is 2.86. The van der Waals surface area contributed by atoms with Gasteiger partial charge in [0.1, 0.15) is 0 Å². The van der Waals surface area contributed by atoms with Gasteiger partial charge in [0, 0.05) is 15.7 Å². The van der Waals surface area contributed by atoms with Crippen LogP contribution in [-0.2, 0) is 4.79 Å². The molecule has 0 radical (unpaired) electrons. The lowest BCUT2D eigenvalue weighted by Gasteiger charge is -2.21. The van der Waals surface area contributed by atoms with Crippen molar-refractivity contribution >= 4 is 5.97 Å². The second kappa shape index (κ2) is 5.05. The van der Waals surface area contributed by atoms with Gasteiger partial charge in [-0.1, -0.05) is 13.0 Å². The number of carboxylic acid groups (broad SMARTS) is 1. The summed E-state index contributed by atoms with van der Waals surface area (Å²) >= 11 is 0. The fourth-order valence-electron chi connectivity index (χ4n) is 1.85. The van der Waals surface area contributed by atoms with Crippen LogP contribution in [0.1, 0.15) is 33.1 Å². The number of hydrogen-bond donors (Lipinski definition) is 1. The maximum atomic E-state index is 11.4. The van der Waals surface area contributed by atoms with Crippen LogP contribution in [-0.4, -0.2) is 22.4 Å². The van der Waals surface area contributed by atoms with E-state index in [4.69, 9.17) is 5.11 Å². The average molecular weight is 224 g/mol. The van der Waals surface area contributed by atoms with Crippen molar-refractivity contribution in [3.8, 4) is 0 Å². The van der Waals surface area contributed by atoms with Crippen molar-refractivity contribution in [2.75, 3.05) is 6.54 Å². The smallest absolute Gasteiger partial charge is 0.304 e. The maximum Gasteiger partial charge on any atom is 0.304 e. The van der Waals surface area contributed by atoms with E-state index >= 15 is 0 Å². The first kappa shape index (κ1) is 12.6. The Hall–Kier alpha value is -1.45. The molecular formula is C12H18NO3+. The third-order valence-electron chi connectivity index (χ3n) is 2.86. The molecule has 1 rings (SSSR count). The Morgan fingerprint density at radius 1 is 1.62 bits per heavy atom. The predicted molar refractivity (Wildman–Crippen MR) is 61.0 cm³/mol. The topological polar surface area (TPSA) is 57.4 Å². The van der Waals surface area contributed by atoms with E-state index in [0.29, 0.717) is 12.2 Å². The van der Waals surface area contributed by atoms with Gasteiger partial charge in [0.2, 0.25) is 0 Å². The zero-order chi connectivity index (χ0) is 12.2. The molecule has 0 spiro atoms. The van der Waals surface area contributed by atoms with E-state index in [9.17, 15) is 9.70 Å². The lowest BCUT2D eigenvalue weighted by atomic mass is 9.82. The highest BCUT2D eigenvalue weighted by atomic mass is 16.4. The largest absolute Gasteiger partial charge is 0.481 e. The highest BCUT2D eigenvalue weighted by Gasteiger charge is 2.27. The first-order chi connectivity index (χ1) is 7.47. The van der Waals surface area contributed by atoms with E-state index in [1.54, 1.807) is 13.0 Å². The van der Waals surface area contributed by atoms with Crippen molar-refractivity contribution in [2.45, 2.75) is 33.1 Å². The van der Waals surface area contributed by atoms with Crippen LogP contribution in [0, 0.1) is 10.3 Å². The summed E-state index contributed by atoms with van der Waals surface area (Å²) in [6.07, 6.45) is 7.07. The Morgan fingerprint density at radius 3 is 2.88 bits per heavy atom. The number of aliphatic carboxylic acids is 1. The Balaban J connectivity index is 2.80. The summed E-state index contributed by atoms with van der Waals surface area (Å²) in [5.41, 5.74) is 0.287. The minimum Gasteiger partial charge on any atom is -0.481 e. The molecule has 1 atom stereocenters. The molecule has 4 heteroatoms. The van der Waals surface area contributed by atoms with Crippen molar-refractivity contribution in [3.63, 3.8) is 0 Å². The first-order valence-electron chi connectivity index (χ1n) is 5.53. The van der Waals surface area contributed by atoms with Gasteiger partial charge >= 0.3 is 5.97 Å². The second-order valence-electron chi connectivity index (χ2n) is 4.42. The van der Waals surface area contributed by atoms with Gasteiger partial charge in [0.25, 0.3) is 5.70 Å². The van der Waals surface area contributed by atoms with Crippen LogP contribution in [0.15, 0.2) is 23.9 Å². The summed E-state index contributed by atoms with van der Waals surface area (Å²) in [6.45, 7) is 4.12. The minimum absolute atomic E-state index is 0.107. The predicted octanol–water partition coefficient (Wildman–Crippen LogP) is 2.50. The number of carboxylic acids is 1. The molecule has 1 aliphatic rings. The van der Waals surface area contributed by atoms with Crippen LogP contribution in [0.4, 0.5) is 0 Å². The Kier molecular flexibility index (Phi) is 3.99. The standard InChI is InChI=1S/C12H17NO3/c1-3-13(16)10-5-4-7-12(2,8-6-10)9-11(14)15/h5-6,8H,3-4,7,9H2,1-2H3/p+1. The van der Waals surface area contributed by atoms with Crippen LogP contribution in [0.25, 0.3) is 0 Å². The molecule has 0 heterocycles. The van der Waals surface area contributed by atoms with E-state index < -0.39 is 5.97 Å². The zero-order valence-electron chi connectivity index (χ0n) is 9.77. The van der Waals surface area contributed by atoms with Crippen LogP contribution >= 0.6 is 0 Å². The summed E-state index contributed by atoms with van der Waals surface area (Å²) < 4.78 is 0.920. The van der Waals surface area contributed by atoms with Crippen molar-refractivity contribution in [1.82, 2.24) is 0 Å². The van der Waals surface area contributed by atoms with Crippen molar-refractivity contribution < 1.29 is 14.7 Å². The molecular weight excluding hydrogens is 206 g/mol. The molecule has 1 unspecified atom stereocenters. The number of likely N-dealkylation sites (N-methyl/N-ethyl adjacent to an activating group) is 1. The van der Waals surface area contributed by atoms with Crippen molar-refractivity contribution in [3.05, 3.63) is 28.8 Å². The maximum absolute atomic E-state index is 11.4. The molecule has 1 aliphatic carbocycles. The van der Waals surface area contributed by atoms with E-state index in [0.717, 1.165) is 17.6 Å². The monoisotopic (exact) mass is 224 g/mol. The van der Waals surface area contributed by atoms with Gasteiger partial charge in [-0.2, -0.15) is 0 Å². The van der Waals surface area contributed by atoms with Gasteiger partial charge in [0.15, 0.2) is 6.54 Å². The summed E-state index contributed by atoms with van der Waals surface area (Å²) in [4.78, 5) is 22.2. The van der Waals surface area contributed by atoms with Gasteiger partial charge in [-0.05, 0) is 31.3 Å². The zero-order valence-corrected chi connectivity index (χ0v) is 9.77. The number of allylic oxidation sites excluding steroid dienone is 3. The highest BCUT2D eigenvalue weighted by molar-refractivity contribution is 5.68. The van der Waals surface area contributed by atoms with Crippen LogP contribution in [0.3, 0.4) is 0 Å². The molecule has 0 fully saturated rings. The normalized spacial score (nSPS) is 24.8. The lowest BCUT2D eigenvalue weighted by Crippen LogP contribution is -2.17. The third kappa shape index (κ3) is 3.29. The van der Waals surface area contributed by atoms with Crippen molar-refractivity contribution in [2.24, 2.45) is 5.41 Å². The number of hydrogen-bond acceptors (Lipinski definition) is 2. The molecule has 0 aromatic carbocycles. The quantitative estimate of drug-likeness (QED) is 0.746. The van der Waals surface area contributed by atoms with Gasteiger partial charge < -0.3 is 5.11 Å². The van der Waals surface area contributed by atoms with Gasteiger partial charge in [-0.25, -0.2) is 0 Å². The molecule has 0 amide bonds. The minimum atomic E-state index is -0.801. The lowest BCUT2D eigenvalue weighted by molar-refractivity contribution is -0.490. The van der Waals surface area contributed by atoms with Gasteiger partial charge in [0.05, 0.1) is 6.42 Å². The van der Waals surface area contributed by atoms with Gasteiger partial charge in [-0.3, -0.25) is 4.79 Å². The number of nitroso groups, excluding NO2 is 1. The Morgan fingerprint density at radius 2 is 2.31 bits per heavy atom. The molecule has 0 bridgehead atoms. The van der Waals surface area contributed by atoms with E-state index in [1.165, 1.54) is 0 Å². The summed E-state index contributed by atoms with van der Waals surface area (Å²) in [6, 6.07) is 0.